The van der Waals surface area contributed by atoms with Crippen LogP contribution < -0.4 is 4.90 Å². The molecule has 8 heteroatoms. The van der Waals surface area contributed by atoms with Gasteiger partial charge in [0.05, 0.1) is 16.1 Å². The van der Waals surface area contributed by atoms with Crippen LogP contribution in [0.1, 0.15) is 39.3 Å². The number of benzene rings is 1. The zero-order valence-corrected chi connectivity index (χ0v) is 19.1. The van der Waals surface area contributed by atoms with E-state index in [1.54, 1.807) is 10.7 Å². The lowest BCUT2D eigenvalue weighted by Crippen LogP contribution is -2.47. The van der Waals surface area contributed by atoms with Crippen molar-refractivity contribution in [3.05, 3.63) is 27.9 Å². The average molecular weight is 405 g/mol. The Morgan fingerprint density at radius 3 is 2.39 bits per heavy atom. The Morgan fingerprint density at radius 2 is 1.86 bits per heavy atom. The minimum atomic E-state index is -1.80. The highest BCUT2D eigenvalue weighted by Gasteiger charge is 2.40. The molecule has 1 aromatic carbocycles. The summed E-state index contributed by atoms with van der Waals surface area (Å²) < 4.78 is 8.36. The number of aromatic nitrogens is 2. The molecule has 0 amide bonds. The van der Waals surface area contributed by atoms with Crippen LogP contribution in [0.4, 0.5) is 11.4 Å². The number of hydrogen-bond donors (Lipinski definition) is 0. The number of piperidine rings is 1. The first-order valence-corrected chi connectivity index (χ1v) is 12.9. The minimum absolute atomic E-state index is 0.160. The molecule has 0 radical (unpaired) electrons. The van der Waals surface area contributed by atoms with Crippen LogP contribution in [0, 0.1) is 17.0 Å². The van der Waals surface area contributed by atoms with Gasteiger partial charge in [-0.05, 0) is 44.0 Å². The zero-order valence-electron chi connectivity index (χ0n) is 18.1. The minimum Gasteiger partial charge on any atom is -0.414 e. The van der Waals surface area contributed by atoms with Gasteiger partial charge in [0.1, 0.15) is 5.69 Å². The van der Waals surface area contributed by atoms with E-state index in [-0.39, 0.29) is 21.8 Å². The molecule has 3 rings (SSSR count). The highest BCUT2D eigenvalue weighted by Crippen LogP contribution is 2.40. The third-order valence-corrected chi connectivity index (χ3v) is 10.9. The SMILES string of the molecule is Cc1nn(C)c2cc(N3CCC(O[Si](C)(C)C(C)(C)C)CC3)c([N+](=O)[O-])cc12. The quantitative estimate of drug-likeness (QED) is 0.416. The highest BCUT2D eigenvalue weighted by atomic mass is 28.4. The van der Waals surface area contributed by atoms with Gasteiger partial charge in [0.2, 0.25) is 0 Å². The molecule has 2 aromatic rings. The maximum Gasteiger partial charge on any atom is 0.293 e. The van der Waals surface area contributed by atoms with Crippen molar-refractivity contribution in [1.29, 1.82) is 0 Å². The predicted octanol–water partition coefficient (Wildman–Crippen LogP) is 4.78. The fourth-order valence-electron chi connectivity index (χ4n) is 3.66. The number of rotatable bonds is 4. The topological polar surface area (TPSA) is 73.4 Å². The molecule has 1 fully saturated rings. The number of nitro groups is 1. The fraction of sp³-hybridized carbons (Fsp3) is 0.650. The number of nitro benzene ring substituents is 1. The smallest absolute Gasteiger partial charge is 0.293 e. The van der Waals surface area contributed by atoms with E-state index < -0.39 is 8.32 Å². The summed E-state index contributed by atoms with van der Waals surface area (Å²) in [5.41, 5.74) is 2.59. The Morgan fingerprint density at radius 1 is 1.25 bits per heavy atom. The molecule has 2 heterocycles. The van der Waals surface area contributed by atoms with E-state index >= 15 is 0 Å². The van der Waals surface area contributed by atoms with Crippen molar-refractivity contribution >= 4 is 30.6 Å². The lowest BCUT2D eigenvalue weighted by molar-refractivity contribution is -0.384. The number of nitrogens with zero attached hydrogens (tertiary/aromatic N) is 4. The maximum absolute atomic E-state index is 11.7. The lowest BCUT2D eigenvalue weighted by atomic mass is 10.1. The molecule has 0 bridgehead atoms. The van der Waals surface area contributed by atoms with Crippen LogP contribution in [0.3, 0.4) is 0 Å². The number of aryl methyl sites for hydroxylation is 2. The second-order valence-corrected chi connectivity index (χ2v) is 14.1. The summed E-state index contributed by atoms with van der Waals surface area (Å²) >= 11 is 0. The molecule has 0 atom stereocenters. The van der Waals surface area contributed by atoms with Gasteiger partial charge in [-0.3, -0.25) is 14.8 Å². The van der Waals surface area contributed by atoms with E-state index in [0.29, 0.717) is 5.69 Å². The van der Waals surface area contributed by atoms with Gasteiger partial charge in [0.25, 0.3) is 5.69 Å². The Bertz CT molecular complexity index is 893. The number of fused-ring (bicyclic) bond motifs is 1. The first kappa shape index (κ1) is 20.8. The molecule has 0 spiro atoms. The van der Waals surface area contributed by atoms with Crippen LogP contribution in [0.2, 0.25) is 18.1 Å². The normalized spacial score (nSPS) is 16.8. The Hall–Kier alpha value is -1.93. The first-order chi connectivity index (χ1) is 12.9. The molecule has 0 saturated carbocycles. The average Bonchev–Trinajstić information content (AvgIpc) is 2.87. The van der Waals surface area contributed by atoms with Crippen LogP contribution in [-0.2, 0) is 11.5 Å². The van der Waals surface area contributed by atoms with Gasteiger partial charge >= 0.3 is 0 Å². The first-order valence-electron chi connectivity index (χ1n) is 9.95. The summed E-state index contributed by atoms with van der Waals surface area (Å²) in [6.45, 7) is 14.7. The Balaban J connectivity index is 1.82. The van der Waals surface area contributed by atoms with Crippen LogP contribution in [0.25, 0.3) is 10.9 Å². The third-order valence-electron chi connectivity index (χ3n) is 6.38. The molecule has 1 saturated heterocycles. The summed E-state index contributed by atoms with van der Waals surface area (Å²) in [6, 6.07) is 3.59. The van der Waals surface area contributed by atoms with Crippen molar-refractivity contribution < 1.29 is 9.35 Å². The molecule has 0 aliphatic carbocycles. The largest absolute Gasteiger partial charge is 0.414 e. The Kier molecular flexibility index (Phi) is 5.31. The van der Waals surface area contributed by atoms with Crippen molar-refractivity contribution in [2.24, 2.45) is 7.05 Å². The van der Waals surface area contributed by atoms with Crippen LogP contribution in [-0.4, -0.2) is 42.2 Å². The molecule has 28 heavy (non-hydrogen) atoms. The highest BCUT2D eigenvalue weighted by molar-refractivity contribution is 6.74. The third kappa shape index (κ3) is 3.80. The fourth-order valence-corrected chi connectivity index (χ4v) is 5.09. The van der Waals surface area contributed by atoms with Gasteiger partial charge in [-0.25, -0.2) is 0 Å². The standard InChI is InChI=1S/C20H32N4O3Si/c1-14-16-12-19(24(25)26)18(13-17(16)22(5)21-14)23-10-8-15(9-11-23)27-28(6,7)20(2,3)4/h12-13,15H,8-11H2,1-7H3. The van der Waals surface area contributed by atoms with E-state index in [1.165, 1.54) is 0 Å². The summed E-state index contributed by atoms with van der Waals surface area (Å²) in [6.07, 6.45) is 2.02. The number of hydrogen-bond acceptors (Lipinski definition) is 5. The van der Waals surface area contributed by atoms with E-state index in [0.717, 1.165) is 42.5 Å². The second-order valence-electron chi connectivity index (χ2n) is 9.39. The van der Waals surface area contributed by atoms with Crippen LogP contribution in [0.5, 0.6) is 0 Å². The van der Waals surface area contributed by atoms with Gasteiger partial charge in [-0.15, -0.1) is 0 Å². The van der Waals surface area contributed by atoms with Crippen molar-refractivity contribution in [2.45, 2.75) is 64.8 Å². The molecule has 154 valence electrons. The molecule has 0 N–H and O–H groups in total. The summed E-state index contributed by atoms with van der Waals surface area (Å²) in [7, 11) is 0.0775. The van der Waals surface area contributed by atoms with E-state index in [4.69, 9.17) is 4.43 Å². The van der Waals surface area contributed by atoms with Crippen molar-refractivity contribution in [2.75, 3.05) is 18.0 Å². The van der Waals surface area contributed by atoms with Gasteiger partial charge in [0.15, 0.2) is 8.32 Å². The van der Waals surface area contributed by atoms with Crippen LogP contribution in [0.15, 0.2) is 12.1 Å². The lowest BCUT2D eigenvalue weighted by Gasteiger charge is -2.42. The molecule has 0 unspecified atom stereocenters. The van der Waals surface area contributed by atoms with Gasteiger partial charge in [0, 0.05) is 37.7 Å². The predicted molar refractivity (Wildman–Crippen MR) is 116 cm³/mol. The van der Waals surface area contributed by atoms with Crippen LogP contribution >= 0.6 is 0 Å². The van der Waals surface area contributed by atoms with Crippen molar-refractivity contribution in [3.63, 3.8) is 0 Å². The second kappa shape index (κ2) is 7.15. The van der Waals surface area contributed by atoms with Gasteiger partial charge in [-0.2, -0.15) is 5.10 Å². The monoisotopic (exact) mass is 404 g/mol. The molecule has 1 aromatic heterocycles. The van der Waals surface area contributed by atoms with Gasteiger partial charge < -0.3 is 9.33 Å². The molecule has 1 aliphatic heterocycles. The summed E-state index contributed by atoms with van der Waals surface area (Å²) in [5, 5.41) is 17.2. The van der Waals surface area contributed by atoms with Crippen molar-refractivity contribution in [3.8, 4) is 0 Å². The Labute approximate surface area is 167 Å². The zero-order chi connectivity index (χ0) is 20.9. The molecular weight excluding hydrogens is 372 g/mol. The summed E-state index contributed by atoms with van der Waals surface area (Å²) in [5.74, 6) is 0. The van der Waals surface area contributed by atoms with Gasteiger partial charge in [-0.1, -0.05) is 20.8 Å². The number of anilines is 1. The molecular formula is C20H32N4O3Si. The summed E-state index contributed by atoms with van der Waals surface area (Å²) in [4.78, 5) is 13.6. The van der Waals surface area contributed by atoms with E-state index in [1.807, 2.05) is 20.0 Å². The molecule has 7 nitrogen and oxygen atoms in total. The maximum atomic E-state index is 11.7. The van der Waals surface area contributed by atoms with Crippen molar-refractivity contribution in [1.82, 2.24) is 9.78 Å². The molecule has 1 aliphatic rings. The van der Waals surface area contributed by atoms with E-state index in [9.17, 15) is 10.1 Å². The van der Waals surface area contributed by atoms with E-state index in [2.05, 4.69) is 43.9 Å².